The molecule has 8 nitrogen and oxygen atoms in total. The molecule has 0 spiro atoms. The number of benzene rings is 1. The van der Waals surface area contributed by atoms with Crippen LogP contribution in [0.3, 0.4) is 0 Å². The van der Waals surface area contributed by atoms with Crippen LogP contribution in [-0.4, -0.2) is 40.3 Å². The number of nitro groups is 1. The lowest BCUT2D eigenvalue weighted by Crippen LogP contribution is -2.43. The number of nitro benzene ring substituents is 1. The number of anilines is 1. The highest BCUT2D eigenvalue weighted by atomic mass is 16.6. The molecule has 1 aliphatic heterocycles. The Kier molecular flexibility index (Phi) is 5.39. The Hall–Kier alpha value is -2.64. The van der Waals surface area contributed by atoms with E-state index in [0.29, 0.717) is 19.4 Å². The van der Waals surface area contributed by atoms with Gasteiger partial charge in [0.05, 0.1) is 11.5 Å². The number of hydrogen-bond donors (Lipinski definition) is 1. The van der Waals surface area contributed by atoms with Gasteiger partial charge < -0.3 is 10.1 Å². The Labute approximate surface area is 151 Å². The maximum absolute atomic E-state index is 11.9. The fraction of sp³-hybridized carbons (Fsp3) is 0.556. The van der Waals surface area contributed by atoms with Crippen molar-refractivity contribution >= 4 is 23.2 Å². The zero-order chi connectivity index (χ0) is 18.7. The third-order valence-corrected chi connectivity index (χ3v) is 4.98. The van der Waals surface area contributed by atoms with Crippen LogP contribution in [0.5, 0.6) is 5.75 Å². The summed E-state index contributed by atoms with van der Waals surface area (Å²) in [5, 5.41) is 14.4. The average Bonchev–Trinajstić information content (AvgIpc) is 2.95. The molecule has 2 amide bonds. The molecule has 1 heterocycles. The molecule has 0 atom stereocenters. The Morgan fingerprint density at radius 2 is 1.85 bits per heavy atom. The van der Waals surface area contributed by atoms with E-state index in [1.807, 2.05) is 0 Å². The fourth-order valence-electron chi connectivity index (χ4n) is 3.74. The number of imide groups is 1. The zero-order valence-corrected chi connectivity index (χ0v) is 14.8. The molecule has 0 aromatic heterocycles. The van der Waals surface area contributed by atoms with Gasteiger partial charge in [-0.1, -0.05) is 0 Å². The van der Waals surface area contributed by atoms with Crippen molar-refractivity contribution in [3.63, 3.8) is 0 Å². The van der Waals surface area contributed by atoms with Crippen molar-refractivity contribution in [2.45, 2.75) is 57.5 Å². The number of rotatable bonds is 6. The summed E-state index contributed by atoms with van der Waals surface area (Å²) < 4.78 is 5.37. The van der Waals surface area contributed by atoms with E-state index in [-0.39, 0.29) is 35.3 Å². The van der Waals surface area contributed by atoms with Gasteiger partial charge in [-0.05, 0) is 38.7 Å². The van der Waals surface area contributed by atoms with Crippen LogP contribution in [0.25, 0.3) is 0 Å². The second kappa shape index (κ2) is 7.72. The normalized spacial score (nSPS) is 23.2. The quantitative estimate of drug-likeness (QED) is 0.475. The molecule has 1 saturated heterocycles. The number of carbonyl (C=O) groups is 2. The summed E-state index contributed by atoms with van der Waals surface area (Å²) in [6.07, 6.45) is 3.90. The van der Waals surface area contributed by atoms with Gasteiger partial charge in [-0.15, -0.1) is 0 Å². The minimum absolute atomic E-state index is 0.00592. The Morgan fingerprint density at radius 3 is 2.42 bits per heavy atom. The van der Waals surface area contributed by atoms with Gasteiger partial charge in [0.15, 0.2) is 5.75 Å². The van der Waals surface area contributed by atoms with E-state index in [1.165, 1.54) is 11.0 Å². The van der Waals surface area contributed by atoms with E-state index in [4.69, 9.17) is 4.74 Å². The van der Waals surface area contributed by atoms with Crippen molar-refractivity contribution in [3.8, 4) is 5.75 Å². The molecule has 1 saturated carbocycles. The van der Waals surface area contributed by atoms with E-state index in [2.05, 4.69) is 5.32 Å². The van der Waals surface area contributed by atoms with E-state index in [9.17, 15) is 19.7 Å². The summed E-state index contributed by atoms with van der Waals surface area (Å²) >= 11 is 0. The lowest BCUT2D eigenvalue weighted by Gasteiger charge is -2.34. The van der Waals surface area contributed by atoms with Gasteiger partial charge in [-0.3, -0.25) is 24.6 Å². The van der Waals surface area contributed by atoms with Crippen LogP contribution in [-0.2, 0) is 9.59 Å². The molecule has 26 heavy (non-hydrogen) atoms. The molecule has 1 aromatic carbocycles. The predicted octanol–water partition coefficient (Wildman–Crippen LogP) is 2.87. The minimum Gasteiger partial charge on any atom is -0.487 e. The topological polar surface area (TPSA) is 102 Å². The predicted molar refractivity (Wildman–Crippen MR) is 95.0 cm³/mol. The van der Waals surface area contributed by atoms with Crippen LogP contribution in [0.1, 0.15) is 45.4 Å². The van der Waals surface area contributed by atoms with Crippen LogP contribution in [0.2, 0.25) is 0 Å². The summed E-state index contributed by atoms with van der Waals surface area (Å²) in [6.45, 7) is 2.14. The number of carbonyl (C=O) groups excluding carboxylic acids is 2. The van der Waals surface area contributed by atoms with Crippen molar-refractivity contribution in [2.24, 2.45) is 0 Å². The molecule has 1 aliphatic carbocycles. The molecule has 3 rings (SSSR count). The summed E-state index contributed by atoms with van der Waals surface area (Å²) in [7, 11) is 0. The molecular weight excluding hydrogens is 338 g/mol. The molecule has 1 N–H and O–H groups in total. The average molecular weight is 361 g/mol. The monoisotopic (exact) mass is 361 g/mol. The van der Waals surface area contributed by atoms with Crippen molar-refractivity contribution in [1.29, 1.82) is 0 Å². The fourth-order valence-corrected chi connectivity index (χ4v) is 3.74. The molecule has 8 heteroatoms. The maximum atomic E-state index is 11.9. The van der Waals surface area contributed by atoms with Gasteiger partial charge in [-0.2, -0.15) is 0 Å². The van der Waals surface area contributed by atoms with Crippen LogP contribution in [0, 0.1) is 10.1 Å². The van der Waals surface area contributed by atoms with Crippen LogP contribution < -0.4 is 10.1 Å². The van der Waals surface area contributed by atoms with Crippen molar-refractivity contribution < 1.29 is 19.2 Å². The third kappa shape index (κ3) is 3.79. The number of ether oxygens (including phenoxy) is 1. The second-order valence-electron chi connectivity index (χ2n) is 6.68. The van der Waals surface area contributed by atoms with Gasteiger partial charge in [0.25, 0.3) is 0 Å². The molecule has 1 aromatic rings. The lowest BCUT2D eigenvalue weighted by atomic mass is 9.90. The van der Waals surface area contributed by atoms with Gasteiger partial charge in [0.1, 0.15) is 0 Å². The summed E-state index contributed by atoms with van der Waals surface area (Å²) in [4.78, 5) is 35.8. The highest BCUT2D eigenvalue weighted by molar-refractivity contribution is 6.02. The van der Waals surface area contributed by atoms with E-state index in [0.717, 1.165) is 31.4 Å². The zero-order valence-electron chi connectivity index (χ0n) is 14.8. The van der Waals surface area contributed by atoms with Crippen molar-refractivity contribution in [1.82, 2.24) is 4.90 Å². The largest absolute Gasteiger partial charge is 0.487 e. The first-order valence-corrected chi connectivity index (χ1v) is 9.02. The molecular formula is C18H23N3O5. The van der Waals surface area contributed by atoms with Gasteiger partial charge in [-0.25, -0.2) is 0 Å². The standard InChI is InChI=1S/C18H23N3O5/c1-2-26-16-11-13(5-8-15(16)21(24)25)19-12-3-6-14(7-4-12)20-17(22)9-10-18(20)23/h5,8,11-12,14,19H,2-4,6-7,9-10H2,1H3. The Balaban J connectivity index is 1.61. The lowest BCUT2D eigenvalue weighted by molar-refractivity contribution is -0.385. The molecule has 2 aliphatic rings. The van der Waals surface area contributed by atoms with Crippen LogP contribution in [0.15, 0.2) is 18.2 Å². The second-order valence-corrected chi connectivity index (χ2v) is 6.68. The first-order valence-electron chi connectivity index (χ1n) is 9.02. The minimum atomic E-state index is -0.454. The third-order valence-electron chi connectivity index (χ3n) is 4.98. The Morgan fingerprint density at radius 1 is 1.19 bits per heavy atom. The van der Waals surface area contributed by atoms with Crippen LogP contribution >= 0.6 is 0 Å². The molecule has 140 valence electrons. The van der Waals surface area contributed by atoms with Crippen LogP contribution in [0.4, 0.5) is 11.4 Å². The molecule has 0 unspecified atom stereocenters. The maximum Gasteiger partial charge on any atom is 0.311 e. The smallest absolute Gasteiger partial charge is 0.311 e. The van der Waals surface area contributed by atoms with E-state index < -0.39 is 4.92 Å². The van der Waals surface area contributed by atoms with Gasteiger partial charge in [0.2, 0.25) is 11.8 Å². The first kappa shape index (κ1) is 18.2. The van der Waals surface area contributed by atoms with Gasteiger partial charge >= 0.3 is 5.69 Å². The molecule has 2 fully saturated rings. The molecule has 0 bridgehead atoms. The Bertz CT molecular complexity index is 697. The highest BCUT2D eigenvalue weighted by Gasteiger charge is 2.36. The van der Waals surface area contributed by atoms with Crippen molar-refractivity contribution in [2.75, 3.05) is 11.9 Å². The summed E-state index contributed by atoms with van der Waals surface area (Å²) in [5.74, 6) is 0.149. The highest BCUT2D eigenvalue weighted by Crippen LogP contribution is 2.33. The number of hydrogen-bond acceptors (Lipinski definition) is 6. The number of nitrogens with one attached hydrogen (secondary N) is 1. The number of amides is 2. The van der Waals surface area contributed by atoms with E-state index in [1.54, 1.807) is 19.1 Å². The van der Waals surface area contributed by atoms with E-state index >= 15 is 0 Å². The molecule has 0 radical (unpaired) electrons. The van der Waals surface area contributed by atoms with Gasteiger partial charge in [0, 0.05) is 42.7 Å². The van der Waals surface area contributed by atoms with Crippen molar-refractivity contribution in [3.05, 3.63) is 28.3 Å². The first-order chi connectivity index (χ1) is 12.5. The number of nitrogens with zero attached hydrogens (tertiary/aromatic N) is 2. The summed E-state index contributed by atoms with van der Waals surface area (Å²) in [6, 6.07) is 4.99. The SMILES string of the molecule is CCOc1cc(NC2CCC(N3C(=O)CCC3=O)CC2)ccc1[N+](=O)[O-]. The number of likely N-dealkylation sites (tertiary alicyclic amines) is 1. The summed E-state index contributed by atoms with van der Waals surface area (Å²) in [5.41, 5.74) is 0.725.